The minimum atomic E-state index is -0.408. The zero-order valence-corrected chi connectivity index (χ0v) is 6.22. The van der Waals surface area contributed by atoms with Gasteiger partial charge in [-0.1, -0.05) is 0 Å². The number of nitrogens with zero attached hydrogens (tertiary/aromatic N) is 1. The van der Waals surface area contributed by atoms with Crippen molar-refractivity contribution in [1.82, 2.24) is 10.4 Å². The molecule has 1 aliphatic carbocycles. The highest BCUT2D eigenvalue weighted by molar-refractivity contribution is 5.88. The molecular formula is C6H12N2O2. The number of amides is 1. The number of carbonyl (C=O) groups is 1. The summed E-state index contributed by atoms with van der Waals surface area (Å²) in [6, 6.07) is 0. The standard InChI is InChI=1S/C6H12N2O2/c1-8(2)6(3-4-6)5(9)7-10/h10H,3-4H2,1-2H3,(H,7,9). The van der Waals surface area contributed by atoms with Gasteiger partial charge in [-0.05, 0) is 26.9 Å². The quantitative estimate of drug-likeness (QED) is 0.409. The molecule has 0 aliphatic heterocycles. The number of hydrogen-bond acceptors (Lipinski definition) is 3. The van der Waals surface area contributed by atoms with Crippen LogP contribution in [0.1, 0.15) is 12.8 Å². The van der Waals surface area contributed by atoms with E-state index < -0.39 is 5.54 Å². The van der Waals surface area contributed by atoms with E-state index in [2.05, 4.69) is 0 Å². The summed E-state index contributed by atoms with van der Waals surface area (Å²) < 4.78 is 0. The molecule has 1 fully saturated rings. The SMILES string of the molecule is CN(C)C1(C(=O)NO)CC1. The van der Waals surface area contributed by atoms with Crippen molar-refractivity contribution >= 4 is 5.91 Å². The Hall–Kier alpha value is -0.610. The van der Waals surface area contributed by atoms with Crippen molar-refractivity contribution in [2.45, 2.75) is 18.4 Å². The molecule has 0 spiro atoms. The van der Waals surface area contributed by atoms with Crippen LogP contribution < -0.4 is 5.48 Å². The molecule has 1 amide bonds. The zero-order chi connectivity index (χ0) is 7.78. The van der Waals surface area contributed by atoms with Gasteiger partial charge in [0.2, 0.25) is 0 Å². The van der Waals surface area contributed by atoms with Gasteiger partial charge in [-0.3, -0.25) is 14.9 Å². The second-order valence-electron chi connectivity index (χ2n) is 2.87. The molecule has 4 heteroatoms. The molecule has 0 unspecified atom stereocenters. The third-order valence-corrected chi connectivity index (χ3v) is 2.10. The summed E-state index contributed by atoms with van der Waals surface area (Å²) in [5.74, 6) is -0.294. The van der Waals surface area contributed by atoms with E-state index in [-0.39, 0.29) is 5.91 Å². The maximum atomic E-state index is 10.9. The zero-order valence-electron chi connectivity index (χ0n) is 6.22. The Balaban J connectivity index is 2.60. The molecule has 0 bridgehead atoms. The van der Waals surface area contributed by atoms with Crippen molar-refractivity contribution in [2.24, 2.45) is 0 Å². The van der Waals surface area contributed by atoms with Crippen LogP contribution in [0.15, 0.2) is 0 Å². The van der Waals surface area contributed by atoms with Gasteiger partial charge in [-0.2, -0.15) is 0 Å². The van der Waals surface area contributed by atoms with Crippen LogP contribution in [-0.2, 0) is 4.79 Å². The Morgan fingerprint density at radius 2 is 2.10 bits per heavy atom. The number of hydroxylamine groups is 1. The number of nitrogens with one attached hydrogen (secondary N) is 1. The first kappa shape index (κ1) is 7.50. The van der Waals surface area contributed by atoms with Crippen LogP contribution >= 0.6 is 0 Å². The van der Waals surface area contributed by atoms with Gasteiger partial charge in [-0.25, -0.2) is 5.48 Å². The molecule has 0 aromatic carbocycles. The molecule has 0 radical (unpaired) electrons. The third-order valence-electron chi connectivity index (χ3n) is 2.10. The first-order valence-electron chi connectivity index (χ1n) is 3.25. The predicted molar refractivity (Wildman–Crippen MR) is 35.6 cm³/mol. The van der Waals surface area contributed by atoms with E-state index in [0.717, 1.165) is 12.8 Å². The van der Waals surface area contributed by atoms with Gasteiger partial charge >= 0.3 is 0 Å². The van der Waals surface area contributed by atoms with Gasteiger partial charge in [0, 0.05) is 0 Å². The fraction of sp³-hybridized carbons (Fsp3) is 0.833. The third kappa shape index (κ3) is 0.892. The lowest BCUT2D eigenvalue weighted by atomic mass is 10.2. The monoisotopic (exact) mass is 144 g/mol. The van der Waals surface area contributed by atoms with Crippen molar-refractivity contribution in [2.75, 3.05) is 14.1 Å². The van der Waals surface area contributed by atoms with E-state index in [1.165, 1.54) is 0 Å². The highest BCUT2D eigenvalue weighted by atomic mass is 16.5. The van der Waals surface area contributed by atoms with Gasteiger partial charge in [0.05, 0.1) is 0 Å². The summed E-state index contributed by atoms with van der Waals surface area (Å²) in [5, 5.41) is 8.33. The second-order valence-corrected chi connectivity index (χ2v) is 2.87. The van der Waals surface area contributed by atoms with Crippen LogP contribution in [0.3, 0.4) is 0 Å². The van der Waals surface area contributed by atoms with Crippen LogP contribution in [-0.4, -0.2) is 35.6 Å². The van der Waals surface area contributed by atoms with E-state index in [1.807, 2.05) is 19.0 Å². The maximum absolute atomic E-state index is 10.9. The van der Waals surface area contributed by atoms with Gasteiger partial charge in [0.15, 0.2) is 0 Å². The average Bonchev–Trinajstić information content (AvgIpc) is 2.65. The van der Waals surface area contributed by atoms with Crippen LogP contribution in [0.2, 0.25) is 0 Å². The maximum Gasteiger partial charge on any atom is 0.263 e. The first-order valence-corrected chi connectivity index (χ1v) is 3.25. The molecule has 2 N–H and O–H groups in total. The highest BCUT2D eigenvalue weighted by Gasteiger charge is 2.51. The summed E-state index contributed by atoms with van der Waals surface area (Å²) in [4.78, 5) is 12.8. The van der Waals surface area contributed by atoms with Crippen molar-refractivity contribution in [3.63, 3.8) is 0 Å². The van der Waals surface area contributed by atoms with Gasteiger partial charge in [0.25, 0.3) is 5.91 Å². The molecule has 1 aliphatic rings. The van der Waals surface area contributed by atoms with Crippen LogP contribution in [0.25, 0.3) is 0 Å². The molecule has 1 rings (SSSR count). The van der Waals surface area contributed by atoms with Crippen LogP contribution in [0.5, 0.6) is 0 Å². The topological polar surface area (TPSA) is 52.6 Å². The largest absolute Gasteiger partial charge is 0.296 e. The lowest BCUT2D eigenvalue weighted by Crippen LogP contribution is -2.44. The molecule has 10 heavy (non-hydrogen) atoms. The van der Waals surface area contributed by atoms with E-state index in [1.54, 1.807) is 5.48 Å². The first-order chi connectivity index (χ1) is 4.63. The van der Waals surface area contributed by atoms with Gasteiger partial charge < -0.3 is 0 Å². The fourth-order valence-corrected chi connectivity index (χ4v) is 1.10. The minimum absolute atomic E-state index is 0.294. The minimum Gasteiger partial charge on any atom is -0.296 e. The molecule has 0 aromatic rings. The fourth-order valence-electron chi connectivity index (χ4n) is 1.10. The van der Waals surface area contributed by atoms with Crippen LogP contribution in [0, 0.1) is 0 Å². The second kappa shape index (κ2) is 2.21. The number of likely N-dealkylation sites (N-methyl/N-ethyl adjacent to an activating group) is 1. The molecule has 1 saturated carbocycles. The van der Waals surface area contributed by atoms with E-state index in [4.69, 9.17) is 5.21 Å². The highest BCUT2D eigenvalue weighted by Crippen LogP contribution is 2.39. The molecular weight excluding hydrogens is 132 g/mol. The van der Waals surface area contributed by atoms with Crippen LogP contribution in [0.4, 0.5) is 0 Å². The Morgan fingerprint density at radius 1 is 1.60 bits per heavy atom. The Morgan fingerprint density at radius 3 is 2.20 bits per heavy atom. The van der Waals surface area contributed by atoms with Crippen molar-refractivity contribution < 1.29 is 10.0 Å². The van der Waals surface area contributed by atoms with Crippen molar-refractivity contribution in [3.05, 3.63) is 0 Å². The lowest BCUT2D eigenvalue weighted by molar-refractivity contribution is -0.135. The molecule has 0 saturated heterocycles. The summed E-state index contributed by atoms with van der Waals surface area (Å²) in [6.45, 7) is 0. The normalized spacial score (nSPS) is 20.8. The smallest absolute Gasteiger partial charge is 0.263 e. The van der Waals surface area contributed by atoms with Gasteiger partial charge in [-0.15, -0.1) is 0 Å². The summed E-state index contributed by atoms with van der Waals surface area (Å²) in [5.41, 5.74) is 1.26. The summed E-state index contributed by atoms with van der Waals surface area (Å²) in [6.07, 6.45) is 1.68. The molecule has 0 aromatic heterocycles. The molecule has 4 nitrogen and oxygen atoms in total. The van der Waals surface area contributed by atoms with E-state index in [9.17, 15) is 4.79 Å². The predicted octanol–water partition coefficient (Wildman–Crippen LogP) is -0.414. The number of hydrogen-bond donors (Lipinski definition) is 2. The van der Waals surface area contributed by atoms with Gasteiger partial charge in [0.1, 0.15) is 5.54 Å². The van der Waals surface area contributed by atoms with E-state index in [0.29, 0.717) is 0 Å². The lowest BCUT2D eigenvalue weighted by Gasteiger charge is -2.20. The number of rotatable bonds is 2. The Labute approximate surface area is 59.8 Å². The Bertz CT molecular complexity index is 152. The molecule has 58 valence electrons. The van der Waals surface area contributed by atoms with Crippen molar-refractivity contribution in [1.29, 1.82) is 0 Å². The number of carbonyl (C=O) groups excluding carboxylic acids is 1. The average molecular weight is 144 g/mol. The summed E-state index contributed by atoms with van der Waals surface area (Å²) >= 11 is 0. The molecule has 0 heterocycles. The summed E-state index contributed by atoms with van der Waals surface area (Å²) in [7, 11) is 3.67. The Kier molecular flexibility index (Phi) is 1.66. The molecule has 0 atom stereocenters. The van der Waals surface area contributed by atoms with E-state index >= 15 is 0 Å². The van der Waals surface area contributed by atoms with Crippen molar-refractivity contribution in [3.8, 4) is 0 Å².